The highest BCUT2D eigenvalue weighted by molar-refractivity contribution is 6.36. The number of amides is 2. The molecule has 0 fully saturated rings. The number of halogens is 2. The van der Waals surface area contributed by atoms with Crippen molar-refractivity contribution in [1.82, 2.24) is 0 Å². The molecule has 2 amide bonds. The van der Waals surface area contributed by atoms with Crippen LogP contribution < -0.4 is 15.0 Å². The van der Waals surface area contributed by atoms with Gasteiger partial charge >= 0.3 is 5.97 Å². The molecule has 0 saturated heterocycles. The number of rotatable bonds is 4. The van der Waals surface area contributed by atoms with Crippen LogP contribution >= 0.6 is 23.2 Å². The number of nitrogens with one attached hydrogen (secondary N) is 1. The van der Waals surface area contributed by atoms with E-state index in [1.54, 1.807) is 26.0 Å². The second-order valence-corrected chi connectivity index (χ2v) is 7.51. The molecule has 1 aliphatic heterocycles. The first-order valence-corrected chi connectivity index (χ1v) is 8.97. The first kappa shape index (κ1) is 20.0. The molecule has 28 heavy (non-hydrogen) atoms. The van der Waals surface area contributed by atoms with Gasteiger partial charge in [0.15, 0.2) is 5.60 Å². The van der Waals surface area contributed by atoms with Crippen LogP contribution in [0.1, 0.15) is 24.2 Å². The number of aromatic carboxylic acids is 1. The minimum atomic E-state index is -1.26. The summed E-state index contributed by atoms with van der Waals surface area (Å²) in [5, 5.41) is 12.5. The van der Waals surface area contributed by atoms with Gasteiger partial charge in [-0.1, -0.05) is 23.2 Å². The summed E-state index contributed by atoms with van der Waals surface area (Å²) in [5.41, 5.74) is -0.576. The number of carboxylic acids is 1. The third kappa shape index (κ3) is 3.90. The van der Waals surface area contributed by atoms with Gasteiger partial charge in [0.1, 0.15) is 12.3 Å². The average Bonchev–Trinajstić information content (AvgIpc) is 2.60. The number of carbonyl (C=O) groups is 3. The first-order chi connectivity index (χ1) is 13.1. The van der Waals surface area contributed by atoms with Gasteiger partial charge in [-0.15, -0.1) is 0 Å². The van der Waals surface area contributed by atoms with E-state index in [4.69, 9.17) is 33.0 Å². The molecule has 7 nitrogen and oxygen atoms in total. The molecule has 0 saturated carbocycles. The van der Waals surface area contributed by atoms with Crippen LogP contribution in [-0.4, -0.2) is 35.0 Å². The second-order valence-electron chi connectivity index (χ2n) is 6.66. The SMILES string of the molecule is CC1(C)Oc2cc(C(=O)O)ccc2N(CC(=O)Nc2ccc(Cl)cc2Cl)C1=O. The maximum atomic E-state index is 12.8. The van der Waals surface area contributed by atoms with Crippen LogP contribution in [0.4, 0.5) is 11.4 Å². The number of anilines is 2. The normalized spacial score (nSPS) is 14.9. The molecule has 0 spiro atoms. The van der Waals surface area contributed by atoms with Crippen LogP contribution in [0.15, 0.2) is 36.4 Å². The van der Waals surface area contributed by atoms with E-state index in [9.17, 15) is 14.4 Å². The third-order valence-electron chi connectivity index (χ3n) is 4.13. The Morgan fingerprint density at radius 2 is 1.89 bits per heavy atom. The quantitative estimate of drug-likeness (QED) is 0.779. The van der Waals surface area contributed by atoms with Gasteiger partial charge in [0, 0.05) is 5.02 Å². The van der Waals surface area contributed by atoms with Gasteiger partial charge < -0.3 is 15.2 Å². The lowest BCUT2D eigenvalue weighted by molar-refractivity contribution is -0.133. The number of benzene rings is 2. The Labute approximate surface area is 170 Å². The van der Waals surface area contributed by atoms with Gasteiger partial charge in [0.2, 0.25) is 5.91 Å². The molecule has 0 unspecified atom stereocenters. The van der Waals surface area contributed by atoms with Crippen molar-refractivity contribution in [2.75, 3.05) is 16.8 Å². The predicted molar refractivity (Wildman–Crippen MR) is 106 cm³/mol. The Hall–Kier alpha value is -2.77. The first-order valence-electron chi connectivity index (χ1n) is 8.22. The molecule has 0 radical (unpaired) electrons. The number of fused-ring (bicyclic) bond motifs is 1. The molecule has 2 aromatic rings. The lowest BCUT2D eigenvalue weighted by atomic mass is 10.0. The van der Waals surface area contributed by atoms with Crippen molar-refractivity contribution in [3.05, 3.63) is 52.0 Å². The van der Waals surface area contributed by atoms with E-state index in [2.05, 4.69) is 5.32 Å². The van der Waals surface area contributed by atoms with E-state index in [1.165, 1.54) is 29.2 Å². The number of nitrogens with zero attached hydrogens (tertiary/aromatic N) is 1. The highest BCUT2D eigenvalue weighted by Crippen LogP contribution is 2.38. The number of carboxylic acid groups (broad SMARTS) is 1. The topological polar surface area (TPSA) is 95.9 Å². The minimum absolute atomic E-state index is 0.0150. The summed E-state index contributed by atoms with van der Waals surface area (Å²) in [6.45, 7) is 2.79. The summed E-state index contributed by atoms with van der Waals surface area (Å²) in [5.74, 6) is -1.83. The van der Waals surface area contributed by atoms with E-state index < -0.39 is 23.4 Å². The maximum absolute atomic E-state index is 12.8. The van der Waals surface area contributed by atoms with Crippen molar-refractivity contribution in [3.8, 4) is 5.75 Å². The van der Waals surface area contributed by atoms with Crippen molar-refractivity contribution >= 4 is 52.4 Å². The van der Waals surface area contributed by atoms with Gasteiger partial charge in [0.05, 0.1) is 22.0 Å². The summed E-state index contributed by atoms with van der Waals surface area (Å²) in [7, 11) is 0. The zero-order valence-corrected chi connectivity index (χ0v) is 16.5. The van der Waals surface area contributed by atoms with Gasteiger partial charge in [0.25, 0.3) is 5.91 Å². The minimum Gasteiger partial charge on any atom is -0.478 e. The fourth-order valence-corrected chi connectivity index (χ4v) is 3.24. The molecule has 0 bridgehead atoms. The van der Waals surface area contributed by atoms with E-state index in [0.29, 0.717) is 16.4 Å². The van der Waals surface area contributed by atoms with Crippen LogP contribution in [0, 0.1) is 0 Å². The Balaban J connectivity index is 1.89. The highest BCUT2D eigenvalue weighted by Gasteiger charge is 2.41. The number of carbonyl (C=O) groups excluding carboxylic acids is 2. The lowest BCUT2D eigenvalue weighted by Gasteiger charge is -2.38. The molecule has 2 aromatic carbocycles. The molecule has 2 N–H and O–H groups in total. The van der Waals surface area contributed by atoms with Gasteiger partial charge in [-0.05, 0) is 50.2 Å². The molecule has 0 aromatic heterocycles. The maximum Gasteiger partial charge on any atom is 0.335 e. The van der Waals surface area contributed by atoms with Crippen LogP contribution in [0.3, 0.4) is 0 Å². The van der Waals surface area contributed by atoms with Gasteiger partial charge in [-0.25, -0.2) is 4.79 Å². The number of ether oxygens (including phenoxy) is 1. The van der Waals surface area contributed by atoms with E-state index >= 15 is 0 Å². The molecular weight excluding hydrogens is 407 g/mol. The molecule has 146 valence electrons. The molecule has 1 aliphatic rings. The predicted octanol–water partition coefficient (Wildman–Crippen LogP) is 3.83. The monoisotopic (exact) mass is 422 g/mol. The van der Waals surface area contributed by atoms with Gasteiger partial charge in [-0.3, -0.25) is 14.5 Å². The average molecular weight is 423 g/mol. The van der Waals surface area contributed by atoms with Crippen LogP contribution in [0.5, 0.6) is 5.75 Å². The standard InChI is InChI=1S/C19H16Cl2N2O5/c1-19(2)18(27)23(14-6-3-10(17(25)26)7-15(14)28-19)9-16(24)22-13-5-4-11(20)8-12(13)21/h3-8H,9H2,1-2H3,(H,22,24)(H,25,26). The molecule has 0 aliphatic carbocycles. The number of hydrogen-bond donors (Lipinski definition) is 2. The fraction of sp³-hybridized carbons (Fsp3) is 0.211. The summed E-state index contributed by atoms with van der Waals surface area (Å²) >= 11 is 11.9. The van der Waals surface area contributed by atoms with Crippen LogP contribution in [0.25, 0.3) is 0 Å². The van der Waals surface area contributed by atoms with Gasteiger partial charge in [-0.2, -0.15) is 0 Å². The molecular formula is C19H16Cl2N2O5. The Bertz CT molecular complexity index is 990. The van der Waals surface area contributed by atoms with E-state index in [1.807, 2.05) is 0 Å². The molecule has 3 rings (SSSR count). The smallest absolute Gasteiger partial charge is 0.335 e. The third-order valence-corrected chi connectivity index (χ3v) is 4.68. The van der Waals surface area contributed by atoms with Crippen LogP contribution in [-0.2, 0) is 9.59 Å². The van der Waals surface area contributed by atoms with Crippen molar-refractivity contribution in [3.63, 3.8) is 0 Å². The van der Waals surface area contributed by atoms with Crippen molar-refractivity contribution in [2.45, 2.75) is 19.4 Å². The fourth-order valence-electron chi connectivity index (χ4n) is 2.79. The summed E-state index contributed by atoms with van der Waals surface area (Å²) in [4.78, 5) is 37.8. The van der Waals surface area contributed by atoms with Crippen molar-refractivity contribution in [2.24, 2.45) is 0 Å². The molecule has 0 atom stereocenters. The number of hydrogen-bond acceptors (Lipinski definition) is 4. The zero-order valence-electron chi connectivity index (χ0n) is 15.0. The summed E-state index contributed by atoms with van der Waals surface area (Å²) < 4.78 is 5.66. The largest absolute Gasteiger partial charge is 0.478 e. The highest BCUT2D eigenvalue weighted by atomic mass is 35.5. The Morgan fingerprint density at radius 3 is 2.54 bits per heavy atom. The van der Waals surface area contributed by atoms with Crippen molar-refractivity contribution < 1.29 is 24.2 Å². The Kier molecular flexibility index (Phi) is 5.23. The Morgan fingerprint density at radius 1 is 1.18 bits per heavy atom. The van der Waals surface area contributed by atoms with Crippen molar-refractivity contribution in [1.29, 1.82) is 0 Å². The molecule has 1 heterocycles. The van der Waals surface area contributed by atoms with E-state index in [0.717, 1.165) is 0 Å². The lowest BCUT2D eigenvalue weighted by Crippen LogP contribution is -2.54. The zero-order chi connectivity index (χ0) is 20.6. The summed E-state index contributed by atoms with van der Waals surface area (Å²) in [6, 6.07) is 8.73. The van der Waals surface area contributed by atoms with E-state index in [-0.39, 0.29) is 22.9 Å². The van der Waals surface area contributed by atoms with Crippen LogP contribution in [0.2, 0.25) is 10.0 Å². The summed E-state index contributed by atoms with van der Waals surface area (Å²) in [6.07, 6.45) is 0. The molecule has 9 heteroatoms. The second kappa shape index (κ2) is 7.33.